The van der Waals surface area contributed by atoms with Crippen molar-refractivity contribution in [3.63, 3.8) is 0 Å². The smallest absolute Gasteiger partial charge is 0.314 e. The SMILES string of the molecule is C.C.C1CC2CC1C1C3CCC(C3)C21.CCC(C)C(=O)Oc1ccc(OC)c(O)c1.CCOC(=O)C(C)(C)CC. The molecule has 0 aliphatic heterocycles. The van der Waals surface area contributed by atoms with Gasteiger partial charge in [-0.25, -0.2) is 0 Å². The first-order valence-corrected chi connectivity index (χ1v) is 14.8. The molecule has 1 N–H and O–H groups in total. The second kappa shape index (κ2) is 15.7. The van der Waals surface area contributed by atoms with E-state index in [0.29, 0.717) is 18.1 Å². The third-order valence-corrected chi connectivity index (χ3v) is 9.74. The summed E-state index contributed by atoms with van der Waals surface area (Å²) in [5.41, 5.74) is -0.310. The average Bonchev–Trinajstić information content (AvgIpc) is 3.71. The van der Waals surface area contributed by atoms with Crippen LogP contribution in [0.3, 0.4) is 0 Å². The third-order valence-electron chi connectivity index (χ3n) is 9.74. The number of carbonyl (C=O) groups excluding carboxylic acids is 2. The highest BCUT2D eigenvalue weighted by molar-refractivity contribution is 5.75. The Kier molecular flexibility index (Phi) is 14.0. The van der Waals surface area contributed by atoms with Crippen molar-refractivity contribution in [1.29, 1.82) is 0 Å². The number of hydrogen-bond donors (Lipinski definition) is 1. The zero-order chi connectivity index (χ0) is 28.0. The molecule has 4 aliphatic carbocycles. The lowest BCUT2D eigenvalue weighted by atomic mass is 9.71. The van der Waals surface area contributed by atoms with Crippen molar-refractivity contribution in [2.75, 3.05) is 13.7 Å². The predicted octanol–water partition coefficient (Wildman–Crippen LogP) is 8.69. The van der Waals surface area contributed by atoms with Gasteiger partial charge in [-0.1, -0.05) is 35.6 Å². The molecular formula is C34H58O6. The number of methoxy groups -OCH3 is 1. The Bertz CT molecular complexity index is 896. The fourth-order valence-electron chi connectivity index (χ4n) is 7.12. The van der Waals surface area contributed by atoms with Gasteiger partial charge in [0, 0.05) is 6.07 Å². The second-order valence-electron chi connectivity index (χ2n) is 12.3. The minimum atomic E-state index is -0.310. The predicted molar refractivity (Wildman–Crippen MR) is 163 cm³/mol. The molecule has 5 rings (SSSR count). The zero-order valence-electron chi connectivity index (χ0n) is 24.6. The van der Waals surface area contributed by atoms with E-state index >= 15 is 0 Å². The van der Waals surface area contributed by atoms with E-state index in [0.717, 1.165) is 12.8 Å². The first-order valence-electron chi connectivity index (χ1n) is 14.8. The van der Waals surface area contributed by atoms with Gasteiger partial charge in [0.05, 0.1) is 25.0 Å². The highest BCUT2D eigenvalue weighted by Crippen LogP contribution is 2.67. The standard InChI is InChI=1S/C12H16O4.C12H18.C8H16O2.2CH4/c1-4-8(2)12(14)16-9-5-6-11(15-3)10(13)7-9;1-2-8-5-7(1)11-9-3-4-10(6-9)12(8)11;1-5-8(3,4)7(9)10-6-2;;/h5-8,13H,4H2,1-3H3;7-12H,1-6H2;5-6H2,1-4H3;2*1H4. The number of ether oxygens (including phenoxy) is 3. The van der Waals surface area contributed by atoms with Crippen LogP contribution >= 0.6 is 0 Å². The van der Waals surface area contributed by atoms with Crippen LogP contribution in [0, 0.1) is 46.8 Å². The second-order valence-corrected chi connectivity index (χ2v) is 12.3. The van der Waals surface area contributed by atoms with Crippen molar-refractivity contribution in [3.8, 4) is 17.2 Å². The molecule has 0 spiro atoms. The van der Waals surface area contributed by atoms with Gasteiger partial charge >= 0.3 is 11.9 Å². The van der Waals surface area contributed by atoms with Crippen molar-refractivity contribution >= 4 is 11.9 Å². The Morgan fingerprint density at radius 2 is 1.45 bits per heavy atom. The Morgan fingerprint density at radius 1 is 0.950 bits per heavy atom. The van der Waals surface area contributed by atoms with Crippen LogP contribution < -0.4 is 9.47 Å². The molecule has 1 aromatic rings. The number of phenols is 1. The van der Waals surface area contributed by atoms with E-state index in [-0.39, 0.29) is 43.9 Å². The summed E-state index contributed by atoms with van der Waals surface area (Å²) in [4.78, 5) is 22.5. The number of benzene rings is 1. The number of carbonyl (C=O) groups is 2. The van der Waals surface area contributed by atoms with Gasteiger partial charge in [-0.2, -0.15) is 0 Å². The van der Waals surface area contributed by atoms with Crippen LogP contribution in [-0.4, -0.2) is 30.8 Å². The third kappa shape index (κ3) is 8.16. The molecule has 5 unspecified atom stereocenters. The first kappa shape index (κ1) is 35.8. The monoisotopic (exact) mass is 562 g/mol. The average molecular weight is 563 g/mol. The minimum absolute atomic E-state index is 0. The maximum absolute atomic E-state index is 11.5. The van der Waals surface area contributed by atoms with Gasteiger partial charge in [0.15, 0.2) is 11.5 Å². The first-order chi connectivity index (χ1) is 18.1. The van der Waals surface area contributed by atoms with Crippen molar-refractivity contribution in [3.05, 3.63) is 18.2 Å². The minimum Gasteiger partial charge on any atom is -0.504 e. The van der Waals surface area contributed by atoms with Crippen LogP contribution in [-0.2, 0) is 14.3 Å². The Balaban J connectivity index is 0.000000300. The molecule has 6 nitrogen and oxygen atoms in total. The Hall–Kier alpha value is -2.24. The van der Waals surface area contributed by atoms with E-state index in [1.165, 1.54) is 48.7 Å². The molecule has 0 saturated heterocycles. The molecular weight excluding hydrogens is 504 g/mol. The summed E-state index contributed by atoms with van der Waals surface area (Å²) in [6.07, 6.45) is 11.3. The highest BCUT2D eigenvalue weighted by Gasteiger charge is 2.59. The molecule has 0 heterocycles. The molecule has 40 heavy (non-hydrogen) atoms. The maximum atomic E-state index is 11.5. The summed E-state index contributed by atoms with van der Waals surface area (Å²) in [7, 11) is 1.46. The fraction of sp³-hybridized carbons (Fsp3) is 0.765. The van der Waals surface area contributed by atoms with Gasteiger partial charge in [-0.15, -0.1) is 0 Å². The van der Waals surface area contributed by atoms with Gasteiger partial charge in [0.25, 0.3) is 0 Å². The van der Waals surface area contributed by atoms with E-state index in [2.05, 4.69) is 0 Å². The van der Waals surface area contributed by atoms with Gasteiger partial charge in [0.1, 0.15) is 5.75 Å². The number of hydrogen-bond acceptors (Lipinski definition) is 6. The lowest BCUT2D eigenvalue weighted by Crippen LogP contribution is -2.27. The van der Waals surface area contributed by atoms with Crippen LogP contribution in [0.2, 0.25) is 0 Å². The summed E-state index contributed by atoms with van der Waals surface area (Å²) >= 11 is 0. The molecule has 0 radical (unpaired) electrons. The largest absolute Gasteiger partial charge is 0.504 e. The number of aromatic hydroxyl groups is 1. The van der Waals surface area contributed by atoms with Gasteiger partial charge in [0.2, 0.25) is 0 Å². The molecule has 1 aromatic carbocycles. The summed E-state index contributed by atoms with van der Waals surface area (Å²) < 4.78 is 14.8. The van der Waals surface area contributed by atoms with Gasteiger partial charge < -0.3 is 19.3 Å². The Labute approximate surface area is 244 Å². The zero-order valence-corrected chi connectivity index (χ0v) is 24.6. The van der Waals surface area contributed by atoms with Gasteiger partial charge in [-0.3, -0.25) is 9.59 Å². The van der Waals surface area contributed by atoms with E-state index in [9.17, 15) is 14.7 Å². The topological polar surface area (TPSA) is 82.1 Å². The van der Waals surface area contributed by atoms with E-state index in [4.69, 9.17) is 14.2 Å². The molecule has 4 bridgehead atoms. The quantitative estimate of drug-likeness (QED) is 0.203. The summed E-state index contributed by atoms with van der Waals surface area (Å²) in [6.45, 7) is 11.8. The molecule has 4 aliphatic rings. The van der Waals surface area contributed by atoms with Crippen molar-refractivity contribution < 1.29 is 28.9 Å². The van der Waals surface area contributed by atoms with Crippen LogP contribution in [0.15, 0.2) is 18.2 Å². The van der Waals surface area contributed by atoms with Crippen molar-refractivity contribution in [2.24, 2.45) is 46.8 Å². The van der Waals surface area contributed by atoms with E-state index < -0.39 is 0 Å². The van der Waals surface area contributed by atoms with E-state index in [1.54, 1.807) is 57.6 Å². The summed E-state index contributed by atoms with van der Waals surface area (Å²) in [5, 5.41) is 9.48. The van der Waals surface area contributed by atoms with Crippen LogP contribution in [0.1, 0.15) is 108 Å². The number of phenolic OH excluding ortho intramolecular Hbond substituents is 1. The van der Waals surface area contributed by atoms with Crippen molar-refractivity contribution in [2.45, 2.75) is 108 Å². The molecule has 4 fully saturated rings. The summed E-state index contributed by atoms with van der Waals surface area (Å²) in [6, 6.07) is 4.49. The lowest BCUT2D eigenvalue weighted by Gasteiger charge is -2.34. The summed E-state index contributed by atoms with van der Waals surface area (Å²) in [5.74, 6) is 7.37. The molecule has 6 heteroatoms. The maximum Gasteiger partial charge on any atom is 0.314 e. The van der Waals surface area contributed by atoms with Crippen LogP contribution in [0.5, 0.6) is 17.2 Å². The number of rotatable bonds is 7. The van der Waals surface area contributed by atoms with Crippen molar-refractivity contribution in [1.82, 2.24) is 0 Å². The molecule has 4 saturated carbocycles. The Morgan fingerprint density at radius 3 is 1.82 bits per heavy atom. The number of fused-ring (bicyclic) bond motifs is 9. The normalized spacial score (nSPS) is 27.4. The molecule has 0 aromatic heterocycles. The molecule has 0 amide bonds. The van der Waals surface area contributed by atoms with Crippen LogP contribution in [0.4, 0.5) is 0 Å². The lowest BCUT2D eigenvalue weighted by molar-refractivity contribution is -0.153. The number of esters is 2. The molecule has 230 valence electrons. The highest BCUT2D eigenvalue weighted by atomic mass is 16.5. The van der Waals surface area contributed by atoms with Gasteiger partial charge in [-0.05, 0) is 120 Å². The molecule has 5 atom stereocenters. The fourth-order valence-corrected chi connectivity index (χ4v) is 7.12. The van der Waals surface area contributed by atoms with E-state index in [1.807, 2.05) is 34.6 Å². The van der Waals surface area contributed by atoms with Crippen LogP contribution in [0.25, 0.3) is 0 Å².